The normalized spacial score (nSPS) is 13.8. The molecule has 0 aliphatic rings. The molecule has 19 heteroatoms. The summed E-state index contributed by atoms with van der Waals surface area (Å²) in [4.78, 5) is 73.2. The standard InChI is InChI=1S/C87H170O17P2/c1-7-9-11-13-15-17-18-19-20-21-22-23-24-25-26-29-36-41-47-53-59-65-71-87(92)104-83(76-98-85(90)70-64-58-52-46-40-35-30-27-28-33-38-44-49-55-61-67-79(3)4)78-102-106(95,96)100-74-81(88)73-99-105(93,94)101-77-82(75-97-84(89)69-63-57-51-43-16-14-12-10-8-2)103-86(91)72-66-60-54-48-42-37-32-31-34-39-45-50-56-62-68-80(5)6/h79-83,88H,7-78H2,1-6H3,(H,93,94)(H,95,96)/t81-,82+,83+/m0/s1. The van der Waals surface area contributed by atoms with E-state index in [1.807, 2.05) is 0 Å². The van der Waals surface area contributed by atoms with Crippen molar-refractivity contribution in [3.63, 3.8) is 0 Å². The van der Waals surface area contributed by atoms with Crippen LogP contribution in [0.2, 0.25) is 0 Å². The number of hydrogen-bond acceptors (Lipinski definition) is 15. The summed E-state index contributed by atoms with van der Waals surface area (Å²) in [6.07, 6.45) is 70.9. The molecule has 0 heterocycles. The lowest BCUT2D eigenvalue weighted by Crippen LogP contribution is -2.30. The molecule has 2 unspecified atom stereocenters. The smallest absolute Gasteiger partial charge is 0.462 e. The highest BCUT2D eigenvalue weighted by Crippen LogP contribution is 2.45. The Kier molecular flexibility index (Phi) is 76.9. The van der Waals surface area contributed by atoms with Gasteiger partial charge in [0, 0.05) is 25.7 Å². The van der Waals surface area contributed by atoms with Crippen LogP contribution in [0.5, 0.6) is 0 Å². The number of phosphoric ester groups is 2. The minimum Gasteiger partial charge on any atom is -0.462 e. The van der Waals surface area contributed by atoms with Crippen LogP contribution in [0.4, 0.5) is 0 Å². The Morgan fingerprint density at radius 2 is 0.434 bits per heavy atom. The third kappa shape index (κ3) is 80.1. The van der Waals surface area contributed by atoms with E-state index in [1.165, 1.54) is 283 Å². The molecule has 17 nitrogen and oxygen atoms in total. The Hall–Kier alpha value is -1.94. The van der Waals surface area contributed by atoms with Crippen molar-refractivity contribution in [2.75, 3.05) is 39.6 Å². The number of carbonyl (C=O) groups excluding carboxylic acids is 4. The van der Waals surface area contributed by atoms with E-state index in [-0.39, 0.29) is 25.7 Å². The lowest BCUT2D eigenvalue weighted by atomic mass is 10.0. The van der Waals surface area contributed by atoms with E-state index < -0.39 is 97.5 Å². The van der Waals surface area contributed by atoms with Gasteiger partial charge in [0.05, 0.1) is 26.4 Å². The van der Waals surface area contributed by atoms with Crippen LogP contribution in [-0.4, -0.2) is 96.7 Å². The number of rotatable bonds is 86. The molecule has 0 aliphatic carbocycles. The monoisotopic (exact) mass is 1550 g/mol. The van der Waals surface area contributed by atoms with Gasteiger partial charge < -0.3 is 33.8 Å². The molecule has 0 aromatic rings. The summed E-state index contributed by atoms with van der Waals surface area (Å²) in [5.74, 6) is -0.501. The van der Waals surface area contributed by atoms with E-state index in [1.54, 1.807) is 0 Å². The molecule has 0 aromatic carbocycles. The van der Waals surface area contributed by atoms with Crippen molar-refractivity contribution in [1.29, 1.82) is 0 Å². The molecule has 0 aliphatic heterocycles. The minimum atomic E-state index is -4.97. The van der Waals surface area contributed by atoms with Gasteiger partial charge in [-0.1, -0.05) is 414 Å². The molecule has 0 spiro atoms. The second-order valence-corrected chi connectivity index (χ2v) is 35.1. The third-order valence-corrected chi connectivity index (χ3v) is 22.4. The zero-order valence-electron chi connectivity index (χ0n) is 69.7. The van der Waals surface area contributed by atoms with Crippen molar-refractivity contribution in [2.45, 2.75) is 484 Å². The van der Waals surface area contributed by atoms with Crippen LogP contribution < -0.4 is 0 Å². The van der Waals surface area contributed by atoms with E-state index in [4.69, 9.17) is 37.0 Å². The Labute approximate surface area is 651 Å². The Morgan fingerprint density at radius 1 is 0.255 bits per heavy atom. The summed E-state index contributed by atoms with van der Waals surface area (Å²) in [5, 5.41) is 10.7. The maximum absolute atomic E-state index is 13.2. The van der Waals surface area contributed by atoms with Crippen LogP contribution in [0.15, 0.2) is 0 Å². The van der Waals surface area contributed by atoms with Crippen LogP contribution in [0.1, 0.15) is 465 Å². The van der Waals surface area contributed by atoms with E-state index in [9.17, 15) is 43.2 Å². The molecule has 106 heavy (non-hydrogen) atoms. The predicted molar refractivity (Wildman–Crippen MR) is 437 cm³/mol. The van der Waals surface area contributed by atoms with Crippen molar-refractivity contribution in [3.05, 3.63) is 0 Å². The van der Waals surface area contributed by atoms with Gasteiger partial charge in [0.25, 0.3) is 0 Å². The molecule has 0 radical (unpaired) electrons. The van der Waals surface area contributed by atoms with Crippen molar-refractivity contribution >= 4 is 39.5 Å². The molecule has 0 saturated heterocycles. The number of aliphatic hydroxyl groups is 1. The van der Waals surface area contributed by atoms with E-state index in [0.29, 0.717) is 25.7 Å². The summed E-state index contributed by atoms with van der Waals surface area (Å²) >= 11 is 0. The average molecular weight is 1550 g/mol. The van der Waals surface area contributed by atoms with Crippen LogP contribution in [0, 0.1) is 11.8 Å². The van der Waals surface area contributed by atoms with Gasteiger partial charge in [-0.2, -0.15) is 0 Å². The second-order valence-electron chi connectivity index (χ2n) is 32.2. The summed E-state index contributed by atoms with van der Waals surface area (Å²) in [6, 6.07) is 0. The Bertz CT molecular complexity index is 2030. The fourth-order valence-electron chi connectivity index (χ4n) is 13.6. The highest BCUT2D eigenvalue weighted by atomic mass is 31.2. The highest BCUT2D eigenvalue weighted by molar-refractivity contribution is 7.47. The number of ether oxygens (including phenoxy) is 4. The lowest BCUT2D eigenvalue weighted by Gasteiger charge is -2.21. The van der Waals surface area contributed by atoms with Gasteiger partial charge in [-0.3, -0.25) is 37.3 Å². The van der Waals surface area contributed by atoms with Crippen molar-refractivity contribution in [1.82, 2.24) is 0 Å². The first kappa shape index (κ1) is 104. The molecule has 0 rings (SSSR count). The van der Waals surface area contributed by atoms with Crippen LogP contribution in [0.25, 0.3) is 0 Å². The largest absolute Gasteiger partial charge is 0.472 e. The molecule has 3 N–H and O–H groups in total. The van der Waals surface area contributed by atoms with E-state index in [2.05, 4.69) is 41.5 Å². The van der Waals surface area contributed by atoms with Gasteiger partial charge in [-0.25, -0.2) is 9.13 Å². The maximum atomic E-state index is 13.2. The molecule has 5 atom stereocenters. The number of phosphoric acid groups is 2. The Morgan fingerprint density at radius 3 is 0.642 bits per heavy atom. The zero-order chi connectivity index (χ0) is 77.8. The van der Waals surface area contributed by atoms with Gasteiger partial charge in [-0.05, 0) is 37.5 Å². The van der Waals surface area contributed by atoms with E-state index >= 15 is 0 Å². The molecule has 630 valence electrons. The molecule has 0 aromatic heterocycles. The molecular formula is C87H170O17P2. The molecular weight excluding hydrogens is 1380 g/mol. The van der Waals surface area contributed by atoms with Crippen molar-refractivity contribution in [3.8, 4) is 0 Å². The fourth-order valence-corrected chi connectivity index (χ4v) is 15.2. The van der Waals surface area contributed by atoms with Crippen molar-refractivity contribution in [2.24, 2.45) is 11.8 Å². The van der Waals surface area contributed by atoms with Gasteiger partial charge in [0.2, 0.25) is 0 Å². The zero-order valence-corrected chi connectivity index (χ0v) is 71.5. The van der Waals surface area contributed by atoms with Gasteiger partial charge >= 0.3 is 39.5 Å². The first-order chi connectivity index (χ1) is 51.4. The Balaban J connectivity index is 5.20. The number of aliphatic hydroxyl groups excluding tert-OH is 1. The SMILES string of the molecule is CCCCCCCCCCCCCCCCCCCCCCCCC(=O)O[C@H](COC(=O)CCCCCCCCCCCCCCCCCC(C)C)COP(=O)(O)OC[C@@H](O)COP(=O)(O)OC[C@@H](COC(=O)CCCCCCCCCCC)OC(=O)CCCCCCCCCCCCCCCCC(C)C. The quantitative estimate of drug-likeness (QED) is 0.0222. The highest BCUT2D eigenvalue weighted by Gasteiger charge is 2.30. The maximum Gasteiger partial charge on any atom is 0.472 e. The minimum absolute atomic E-state index is 0.108. The number of esters is 4. The van der Waals surface area contributed by atoms with Crippen LogP contribution in [0.3, 0.4) is 0 Å². The van der Waals surface area contributed by atoms with Gasteiger partial charge in [0.15, 0.2) is 12.2 Å². The predicted octanol–water partition coefficient (Wildman–Crippen LogP) is 26.6. The molecule has 0 bridgehead atoms. The number of unbranched alkanes of at least 4 members (excludes halogenated alkanes) is 56. The first-order valence-corrected chi connectivity index (χ1v) is 48.0. The lowest BCUT2D eigenvalue weighted by molar-refractivity contribution is -0.161. The number of hydrogen-bond donors (Lipinski definition) is 3. The molecule has 0 saturated carbocycles. The molecule has 0 amide bonds. The van der Waals surface area contributed by atoms with Crippen molar-refractivity contribution < 1.29 is 80.2 Å². The third-order valence-electron chi connectivity index (χ3n) is 20.5. The summed E-state index contributed by atoms with van der Waals surface area (Å²) < 4.78 is 68.9. The first-order valence-electron chi connectivity index (χ1n) is 45.0. The van der Waals surface area contributed by atoms with Gasteiger partial charge in [-0.15, -0.1) is 0 Å². The number of carbonyl (C=O) groups is 4. The topological polar surface area (TPSA) is 237 Å². The summed E-state index contributed by atoms with van der Waals surface area (Å²) in [5.41, 5.74) is 0. The summed E-state index contributed by atoms with van der Waals surface area (Å²) in [7, 11) is -9.93. The van der Waals surface area contributed by atoms with Gasteiger partial charge in [0.1, 0.15) is 19.3 Å². The fraction of sp³-hybridized carbons (Fsp3) is 0.954. The van der Waals surface area contributed by atoms with E-state index in [0.717, 1.165) is 102 Å². The second kappa shape index (κ2) is 78.3. The average Bonchev–Trinajstić information content (AvgIpc) is 0.900. The molecule has 0 fully saturated rings. The van der Waals surface area contributed by atoms with Crippen LogP contribution >= 0.6 is 15.6 Å². The van der Waals surface area contributed by atoms with Crippen LogP contribution in [-0.2, 0) is 65.4 Å². The summed E-state index contributed by atoms with van der Waals surface area (Å²) in [6.45, 7) is 9.71.